The van der Waals surface area contributed by atoms with Crippen molar-refractivity contribution in [3.63, 3.8) is 0 Å². The number of nitrogens with zero attached hydrogens (tertiary/aromatic N) is 1. The van der Waals surface area contributed by atoms with Crippen molar-refractivity contribution in [1.82, 2.24) is 5.43 Å². The molecule has 0 fully saturated rings. The van der Waals surface area contributed by atoms with Gasteiger partial charge in [0.1, 0.15) is 5.76 Å². The topological polar surface area (TPSA) is 74.8 Å². The molecule has 1 amide bonds. The fraction of sp³-hybridized carbons (Fsp3) is 0.0476. The molecule has 2 N–H and O–H groups in total. The SMILES string of the molecule is O=C(N/N=C\C=C\c1ccco1)C(O)(c1ccccc1)c1ccccc1. The van der Waals surface area contributed by atoms with Gasteiger partial charge in [-0.05, 0) is 35.4 Å². The summed E-state index contributed by atoms with van der Waals surface area (Å²) in [6, 6.07) is 21.1. The molecule has 0 aliphatic heterocycles. The maximum Gasteiger partial charge on any atom is 0.281 e. The van der Waals surface area contributed by atoms with Crippen LogP contribution in [0.15, 0.2) is 94.7 Å². The van der Waals surface area contributed by atoms with E-state index in [0.717, 1.165) is 0 Å². The predicted molar refractivity (Wildman–Crippen MR) is 100 cm³/mol. The molecule has 0 saturated carbocycles. The van der Waals surface area contributed by atoms with Crippen LogP contribution in [0.1, 0.15) is 16.9 Å². The molecule has 5 heteroatoms. The molecule has 3 rings (SSSR count). The number of nitrogens with one attached hydrogen (secondary N) is 1. The lowest BCUT2D eigenvalue weighted by Crippen LogP contribution is -2.43. The zero-order valence-corrected chi connectivity index (χ0v) is 13.9. The van der Waals surface area contributed by atoms with Gasteiger partial charge in [0.25, 0.3) is 5.91 Å². The molecule has 3 aromatic rings. The van der Waals surface area contributed by atoms with E-state index < -0.39 is 11.5 Å². The Hall–Kier alpha value is -3.44. The van der Waals surface area contributed by atoms with Gasteiger partial charge in [0.15, 0.2) is 5.60 Å². The molecule has 0 aliphatic carbocycles. The Balaban J connectivity index is 1.80. The van der Waals surface area contributed by atoms with Gasteiger partial charge in [-0.15, -0.1) is 0 Å². The van der Waals surface area contributed by atoms with Gasteiger partial charge >= 0.3 is 0 Å². The first-order valence-electron chi connectivity index (χ1n) is 8.08. The third kappa shape index (κ3) is 3.79. The van der Waals surface area contributed by atoms with Gasteiger partial charge in [-0.2, -0.15) is 5.10 Å². The summed E-state index contributed by atoms with van der Waals surface area (Å²) in [6.45, 7) is 0. The number of amides is 1. The van der Waals surface area contributed by atoms with E-state index in [1.807, 2.05) is 12.1 Å². The van der Waals surface area contributed by atoms with E-state index in [1.54, 1.807) is 79.1 Å². The zero-order chi connectivity index (χ0) is 18.2. The second kappa shape index (κ2) is 8.09. The number of carbonyl (C=O) groups is 1. The van der Waals surface area contributed by atoms with Crippen LogP contribution in [0.2, 0.25) is 0 Å². The summed E-state index contributed by atoms with van der Waals surface area (Å²) in [6.07, 6.45) is 6.31. The highest BCUT2D eigenvalue weighted by Gasteiger charge is 2.39. The van der Waals surface area contributed by atoms with Gasteiger partial charge < -0.3 is 9.52 Å². The van der Waals surface area contributed by atoms with Crippen LogP contribution in [0.25, 0.3) is 6.08 Å². The van der Waals surface area contributed by atoms with Crippen molar-refractivity contribution in [3.8, 4) is 0 Å². The van der Waals surface area contributed by atoms with Gasteiger partial charge in [-0.3, -0.25) is 4.79 Å². The van der Waals surface area contributed by atoms with E-state index in [2.05, 4.69) is 10.5 Å². The van der Waals surface area contributed by atoms with Gasteiger partial charge in [-0.25, -0.2) is 5.43 Å². The van der Waals surface area contributed by atoms with E-state index in [1.165, 1.54) is 6.21 Å². The largest absolute Gasteiger partial charge is 0.465 e. The maximum absolute atomic E-state index is 12.7. The zero-order valence-electron chi connectivity index (χ0n) is 13.9. The molecular formula is C21H18N2O3. The number of carbonyl (C=O) groups excluding carboxylic acids is 1. The summed E-state index contributed by atoms with van der Waals surface area (Å²) in [4.78, 5) is 12.7. The van der Waals surface area contributed by atoms with Crippen molar-refractivity contribution in [2.75, 3.05) is 0 Å². The number of hydrogen-bond donors (Lipinski definition) is 2. The minimum Gasteiger partial charge on any atom is -0.465 e. The van der Waals surface area contributed by atoms with Crippen molar-refractivity contribution in [2.45, 2.75) is 5.60 Å². The van der Waals surface area contributed by atoms with Crippen molar-refractivity contribution in [3.05, 3.63) is 102 Å². The molecular weight excluding hydrogens is 328 g/mol. The minimum atomic E-state index is -1.84. The molecule has 130 valence electrons. The monoisotopic (exact) mass is 346 g/mol. The Morgan fingerprint density at radius 1 is 0.962 bits per heavy atom. The Kier molecular flexibility index (Phi) is 5.41. The molecule has 26 heavy (non-hydrogen) atoms. The number of hydrogen-bond acceptors (Lipinski definition) is 4. The maximum atomic E-state index is 12.7. The number of benzene rings is 2. The lowest BCUT2D eigenvalue weighted by molar-refractivity contribution is -0.136. The van der Waals surface area contributed by atoms with Crippen molar-refractivity contribution < 1.29 is 14.3 Å². The first-order valence-corrected chi connectivity index (χ1v) is 8.08. The average molecular weight is 346 g/mol. The molecule has 0 bridgehead atoms. The average Bonchev–Trinajstić information content (AvgIpc) is 3.22. The fourth-order valence-corrected chi connectivity index (χ4v) is 2.53. The Morgan fingerprint density at radius 3 is 2.12 bits per heavy atom. The highest BCUT2D eigenvalue weighted by molar-refractivity contribution is 5.90. The number of allylic oxidation sites excluding steroid dienone is 1. The lowest BCUT2D eigenvalue weighted by Gasteiger charge is -2.26. The standard InChI is InChI=1S/C21H18N2O3/c24-20(23-22-15-7-13-19-14-8-16-26-19)21(25,17-9-3-1-4-10-17)18-11-5-2-6-12-18/h1-16,25H,(H,23,24)/b13-7+,22-15-. The first-order chi connectivity index (χ1) is 12.7. The van der Waals surface area contributed by atoms with Crippen LogP contribution in [-0.4, -0.2) is 17.2 Å². The quantitative estimate of drug-likeness (QED) is 0.531. The van der Waals surface area contributed by atoms with Gasteiger partial charge in [-0.1, -0.05) is 60.7 Å². The lowest BCUT2D eigenvalue weighted by atomic mass is 9.85. The van der Waals surface area contributed by atoms with E-state index in [9.17, 15) is 9.90 Å². The molecule has 1 aromatic heterocycles. The smallest absolute Gasteiger partial charge is 0.281 e. The molecule has 0 saturated heterocycles. The van der Waals surface area contributed by atoms with Crippen molar-refractivity contribution >= 4 is 18.2 Å². The van der Waals surface area contributed by atoms with Crippen molar-refractivity contribution in [1.29, 1.82) is 0 Å². The van der Waals surface area contributed by atoms with E-state index in [-0.39, 0.29) is 0 Å². The van der Waals surface area contributed by atoms with Crippen LogP contribution in [0.4, 0.5) is 0 Å². The summed E-state index contributed by atoms with van der Waals surface area (Å²) in [7, 11) is 0. The first kappa shape index (κ1) is 17.4. The third-order valence-corrected chi connectivity index (χ3v) is 3.84. The van der Waals surface area contributed by atoms with Crippen LogP contribution >= 0.6 is 0 Å². The summed E-state index contributed by atoms with van der Waals surface area (Å²) in [5, 5.41) is 15.1. The fourth-order valence-electron chi connectivity index (χ4n) is 2.53. The summed E-state index contributed by atoms with van der Waals surface area (Å²) < 4.78 is 5.16. The van der Waals surface area contributed by atoms with Crippen LogP contribution in [0.5, 0.6) is 0 Å². The molecule has 5 nitrogen and oxygen atoms in total. The molecule has 2 aromatic carbocycles. The Morgan fingerprint density at radius 2 is 1.58 bits per heavy atom. The van der Waals surface area contributed by atoms with E-state index in [0.29, 0.717) is 16.9 Å². The second-order valence-corrected chi connectivity index (χ2v) is 5.54. The number of furan rings is 1. The highest BCUT2D eigenvalue weighted by atomic mass is 16.3. The number of hydrazone groups is 1. The molecule has 0 aliphatic rings. The van der Waals surface area contributed by atoms with Crippen LogP contribution < -0.4 is 5.43 Å². The molecule has 0 atom stereocenters. The van der Waals surface area contributed by atoms with Gasteiger partial charge in [0.2, 0.25) is 0 Å². The van der Waals surface area contributed by atoms with E-state index >= 15 is 0 Å². The Bertz CT molecular complexity index is 846. The number of aliphatic hydroxyl groups is 1. The summed E-state index contributed by atoms with van der Waals surface area (Å²) in [5.74, 6) is 0.0328. The third-order valence-electron chi connectivity index (χ3n) is 3.84. The van der Waals surface area contributed by atoms with Crippen LogP contribution in [-0.2, 0) is 10.4 Å². The summed E-state index contributed by atoms with van der Waals surface area (Å²) >= 11 is 0. The van der Waals surface area contributed by atoms with Gasteiger partial charge in [0.05, 0.1) is 6.26 Å². The van der Waals surface area contributed by atoms with Crippen molar-refractivity contribution in [2.24, 2.45) is 5.10 Å². The molecule has 0 unspecified atom stereocenters. The van der Waals surface area contributed by atoms with Crippen LogP contribution in [0, 0.1) is 0 Å². The molecule has 0 radical (unpaired) electrons. The predicted octanol–water partition coefficient (Wildman–Crippen LogP) is 3.33. The number of rotatable bonds is 6. The molecule has 1 heterocycles. The normalized spacial score (nSPS) is 11.9. The summed E-state index contributed by atoms with van der Waals surface area (Å²) in [5.41, 5.74) is 1.48. The molecule has 0 spiro atoms. The Labute approximate surface area is 151 Å². The van der Waals surface area contributed by atoms with Crippen LogP contribution in [0.3, 0.4) is 0 Å². The second-order valence-electron chi connectivity index (χ2n) is 5.54. The van der Waals surface area contributed by atoms with E-state index in [4.69, 9.17) is 4.42 Å². The minimum absolute atomic E-state index is 0.463. The van der Waals surface area contributed by atoms with Gasteiger partial charge in [0, 0.05) is 6.21 Å². The highest BCUT2D eigenvalue weighted by Crippen LogP contribution is 2.29.